The van der Waals surface area contributed by atoms with Crippen LogP contribution in [0.5, 0.6) is 0 Å². The number of carbonyl (C=O) groups excluding carboxylic acids is 2. The van der Waals surface area contributed by atoms with Crippen LogP contribution in [-0.2, 0) is 0 Å². The van der Waals surface area contributed by atoms with E-state index in [0.29, 0.717) is 24.3 Å². The summed E-state index contributed by atoms with van der Waals surface area (Å²) in [5.74, 6) is -0.169. The molecule has 0 bridgehead atoms. The Labute approximate surface area is 184 Å². The van der Waals surface area contributed by atoms with E-state index >= 15 is 0 Å². The number of anilines is 2. The molecule has 0 aliphatic carbocycles. The van der Waals surface area contributed by atoms with Gasteiger partial charge in [0.2, 0.25) is 0 Å². The summed E-state index contributed by atoms with van der Waals surface area (Å²) in [4.78, 5) is 28.9. The highest BCUT2D eigenvalue weighted by Crippen LogP contribution is 2.16. The minimum Gasteiger partial charge on any atom is -0.369 e. The zero-order valence-corrected chi connectivity index (χ0v) is 18.0. The fraction of sp³-hybridized carbons (Fsp3) is 0.333. The number of hydrogen-bond acceptors (Lipinski definition) is 4. The minimum absolute atomic E-state index is 0.169. The SMILES string of the molecule is C=CCNC(=O)c1ccc(NC(=O)NCC(C)N2CCN(c3ccccc3)CC2)cc1. The van der Waals surface area contributed by atoms with Gasteiger partial charge in [0.15, 0.2) is 0 Å². The molecule has 1 fully saturated rings. The molecule has 1 aliphatic rings. The lowest BCUT2D eigenvalue weighted by molar-refractivity contribution is 0.0958. The number of amides is 3. The highest BCUT2D eigenvalue weighted by Gasteiger charge is 2.21. The predicted octanol–water partition coefficient (Wildman–Crippen LogP) is 2.93. The second kappa shape index (κ2) is 11.2. The van der Waals surface area contributed by atoms with Crippen LogP contribution in [0.15, 0.2) is 67.3 Å². The van der Waals surface area contributed by atoms with Crippen LogP contribution in [0.2, 0.25) is 0 Å². The van der Waals surface area contributed by atoms with Crippen LogP contribution in [0.1, 0.15) is 17.3 Å². The van der Waals surface area contributed by atoms with Crippen LogP contribution in [0.25, 0.3) is 0 Å². The molecule has 2 aromatic rings. The van der Waals surface area contributed by atoms with Crippen molar-refractivity contribution in [2.24, 2.45) is 0 Å². The van der Waals surface area contributed by atoms with Crippen molar-refractivity contribution in [1.82, 2.24) is 15.5 Å². The van der Waals surface area contributed by atoms with Gasteiger partial charge in [-0.1, -0.05) is 24.3 Å². The molecule has 3 amide bonds. The lowest BCUT2D eigenvalue weighted by Crippen LogP contribution is -2.52. The van der Waals surface area contributed by atoms with Crippen molar-refractivity contribution >= 4 is 23.3 Å². The normalized spacial score (nSPS) is 15.1. The first kappa shape index (κ1) is 22.4. The van der Waals surface area contributed by atoms with Crippen LogP contribution >= 0.6 is 0 Å². The summed E-state index contributed by atoms with van der Waals surface area (Å²) in [6.45, 7) is 10.6. The monoisotopic (exact) mass is 421 g/mol. The Kier molecular flexibility index (Phi) is 8.06. The maximum Gasteiger partial charge on any atom is 0.319 e. The number of benzene rings is 2. The molecule has 0 spiro atoms. The maximum absolute atomic E-state index is 12.3. The number of nitrogens with one attached hydrogen (secondary N) is 3. The summed E-state index contributed by atoms with van der Waals surface area (Å²) in [6, 6.07) is 17.3. The summed E-state index contributed by atoms with van der Waals surface area (Å²) < 4.78 is 0. The van der Waals surface area contributed by atoms with Gasteiger partial charge >= 0.3 is 6.03 Å². The van der Waals surface area contributed by atoms with Crippen molar-refractivity contribution in [3.8, 4) is 0 Å². The molecule has 7 nitrogen and oxygen atoms in total. The fourth-order valence-electron chi connectivity index (χ4n) is 3.58. The molecule has 31 heavy (non-hydrogen) atoms. The predicted molar refractivity (Wildman–Crippen MR) is 126 cm³/mol. The summed E-state index contributed by atoms with van der Waals surface area (Å²) in [5, 5.41) is 8.47. The Hall–Kier alpha value is -3.32. The first-order valence-corrected chi connectivity index (χ1v) is 10.6. The third kappa shape index (κ3) is 6.58. The number of piperazine rings is 1. The molecule has 0 saturated carbocycles. The third-order valence-corrected chi connectivity index (χ3v) is 5.43. The van der Waals surface area contributed by atoms with Gasteiger partial charge in [-0.05, 0) is 43.3 Å². The molecule has 0 radical (unpaired) electrons. The van der Waals surface area contributed by atoms with Gasteiger partial charge in [0.25, 0.3) is 5.91 Å². The number of urea groups is 1. The van der Waals surface area contributed by atoms with Crippen molar-refractivity contribution < 1.29 is 9.59 Å². The van der Waals surface area contributed by atoms with E-state index in [1.807, 2.05) is 6.07 Å². The standard InChI is InChI=1S/C24H31N5O2/c1-3-13-25-23(30)20-9-11-21(12-10-20)27-24(31)26-18-19(2)28-14-16-29(17-15-28)22-7-5-4-6-8-22/h3-12,19H,1,13-18H2,2H3,(H,25,30)(H2,26,27,31). The van der Waals surface area contributed by atoms with E-state index in [1.165, 1.54) is 5.69 Å². The van der Waals surface area contributed by atoms with Crippen molar-refractivity contribution in [3.05, 3.63) is 72.8 Å². The molecule has 0 aromatic heterocycles. The van der Waals surface area contributed by atoms with E-state index < -0.39 is 0 Å². The first-order valence-electron chi connectivity index (χ1n) is 10.6. The second-order valence-corrected chi connectivity index (χ2v) is 7.62. The van der Waals surface area contributed by atoms with E-state index in [0.717, 1.165) is 26.2 Å². The van der Waals surface area contributed by atoms with Gasteiger partial charge in [-0.2, -0.15) is 0 Å². The molecular formula is C24H31N5O2. The molecule has 1 heterocycles. The van der Waals surface area contributed by atoms with Crippen LogP contribution in [-0.4, -0.2) is 62.1 Å². The van der Waals surface area contributed by atoms with Gasteiger partial charge in [-0.3, -0.25) is 9.69 Å². The van der Waals surface area contributed by atoms with Crippen molar-refractivity contribution in [3.63, 3.8) is 0 Å². The zero-order valence-electron chi connectivity index (χ0n) is 18.0. The lowest BCUT2D eigenvalue weighted by Gasteiger charge is -2.39. The van der Waals surface area contributed by atoms with Gasteiger partial charge in [0.1, 0.15) is 0 Å². The van der Waals surface area contributed by atoms with Gasteiger partial charge in [-0.15, -0.1) is 6.58 Å². The van der Waals surface area contributed by atoms with E-state index in [1.54, 1.807) is 30.3 Å². The molecule has 1 aliphatic heterocycles. The Morgan fingerprint density at radius 2 is 1.68 bits per heavy atom. The van der Waals surface area contributed by atoms with Crippen molar-refractivity contribution in [1.29, 1.82) is 0 Å². The van der Waals surface area contributed by atoms with Gasteiger partial charge in [-0.25, -0.2) is 4.79 Å². The van der Waals surface area contributed by atoms with Gasteiger partial charge in [0, 0.05) is 62.2 Å². The van der Waals surface area contributed by atoms with Crippen LogP contribution < -0.4 is 20.9 Å². The lowest BCUT2D eigenvalue weighted by atomic mass is 10.2. The number of hydrogen-bond donors (Lipinski definition) is 3. The van der Waals surface area contributed by atoms with Crippen LogP contribution in [0.4, 0.5) is 16.2 Å². The quantitative estimate of drug-likeness (QED) is 0.573. The Morgan fingerprint density at radius 1 is 1.00 bits per heavy atom. The average molecular weight is 422 g/mol. The molecule has 7 heteroatoms. The topological polar surface area (TPSA) is 76.7 Å². The van der Waals surface area contributed by atoms with Gasteiger partial charge in [0.05, 0.1) is 0 Å². The van der Waals surface area contributed by atoms with E-state index in [9.17, 15) is 9.59 Å². The molecule has 164 valence electrons. The Bertz CT molecular complexity index is 861. The van der Waals surface area contributed by atoms with Crippen LogP contribution in [0.3, 0.4) is 0 Å². The van der Waals surface area contributed by atoms with Crippen LogP contribution in [0, 0.1) is 0 Å². The Morgan fingerprint density at radius 3 is 2.32 bits per heavy atom. The summed E-state index contributed by atoms with van der Waals surface area (Å²) >= 11 is 0. The molecular weight excluding hydrogens is 390 g/mol. The first-order chi connectivity index (χ1) is 15.1. The molecule has 1 atom stereocenters. The number of rotatable bonds is 8. The molecule has 1 unspecified atom stereocenters. The highest BCUT2D eigenvalue weighted by atomic mass is 16.2. The maximum atomic E-state index is 12.3. The number of carbonyl (C=O) groups is 2. The number of nitrogens with zero attached hydrogens (tertiary/aromatic N) is 2. The van der Waals surface area contributed by atoms with E-state index in [2.05, 4.69) is 63.5 Å². The smallest absolute Gasteiger partial charge is 0.319 e. The average Bonchev–Trinajstić information content (AvgIpc) is 2.82. The summed E-state index contributed by atoms with van der Waals surface area (Å²) in [7, 11) is 0. The van der Waals surface area contributed by atoms with Crippen molar-refractivity contribution in [2.75, 3.05) is 49.5 Å². The zero-order chi connectivity index (χ0) is 22.1. The van der Waals surface area contributed by atoms with Gasteiger partial charge < -0.3 is 20.9 Å². The third-order valence-electron chi connectivity index (χ3n) is 5.43. The molecule has 2 aromatic carbocycles. The van der Waals surface area contributed by atoms with E-state index in [4.69, 9.17) is 0 Å². The molecule has 1 saturated heterocycles. The van der Waals surface area contributed by atoms with E-state index in [-0.39, 0.29) is 18.0 Å². The molecule has 3 N–H and O–H groups in total. The minimum atomic E-state index is -0.251. The van der Waals surface area contributed by atoms with Crippen molar-refractivity contribution in [2.45, 2.75) is 13.0 Å². The number of para-hydroxylation sites is 1. The highest BCUT2D eigenvalue weighted by molar-refractivity contribution is 5.95. The summed E-state index contributed by atoms with van der Waals surface area (Å²) in [6.07, 6.45) is 1.63. The second-order valence-electron chi connectivity index (χ2n) is 7.62. The summed E-state index contributed by atoms with van der Waals surface area (Å²) in [5.41, 5.74) is 2.44. The largest absolute Gasteiger partial charge is 0.369 e. The Balaban J connectivity index is 1.39. The fourth-order valence-corrected chi connectivity index (χ4v) is 3.58. The molecule has 3 rings (SSSR count).